The van der Waals surface area contributed by atoms with Crippen LogP contribution in [0.25, 0.3) is 0 Å². The fourth-order valence-corrected chi connectivity index (χ4v) is 7.56. The molecule has 0 unspecified atom stereocenters. The van der Waals surface area contributed by atoms with Gasteiger partial charge < -0.3 is 129 Å². The van der Waals surface area contributed by atoms with Crippen LogP contribution in [-0.2, 0) is 61.7 Å². The van der Waals surface area contributed by atoms with Crippen LogP contribution in [0.4, 0.5) is 0 Å². The van der Waals surface area contributed by atoms with Gasteiger partial charge in [-0.25, -0.2) is 0 Å². The molecule has 0 bridgehead atoms. The molecule has 28 nitrogen and oxygen atoms in total. The average Bonchev–Trinajstić information content (AvgIpc) is 3.48. The summed E-state index contributed by atoms with van der Waals surface area (Å²) in [7, 11) is 0. The predicted molar refractivity (Wildman–Crippen MR) is 186 cm³/mol. The number of carbonyl (C=O) groups is 2. The lowest BCUT2D eigenvalue weighted by molar-refractivity contribution is -0.424. The van der Waals surface area contributed by atoms with Crippen molar-refractivity contribution in [2.45, 2.75) is 161 Å². The van der Waals surface area contributed by atoms with E-state index in [9.17, 15) is 86.2 Å². The zero-order chi connectivity index (χ0) is 46.0. The molecule has 28 heteroatoms. The maximum absolute atomic E-state index is 12.4. The van der Waals surface area contributed by atoms with Crippen LogP contribution in [0.5, 0.6) is 0 Å². The third-order valence-corrected chi connectivity index (χ3v) is 11.0. The van der Waals surface area contributed by atoms with E-state index in [4.69, 9.17) is 52.1 Å². The molecule has 5 aliphatic heterocycles. The van der Waals surface area contributed by atoms with E-state index in [2.05, 4.69) is 0 Å². The van der Waals surface area contributed by atoms with Crippen LogP contribution in [0.15, 0.2) is 0 Å². The third kappa shape index (κ3) is 10.5. The van der Waals surface area contributed by atoms with Gasteiger partial charge in [0.05, 0.1) is 26.4 Å². The summed E-state index contributed by atoms with van der Waals surface area (Å²) in [6, 6.07) is 0. The normalized spacial score (nSPS) is 48.8. The van der Waals surface area contributed by atoms with Gasteiger partial charge in [-0.2, -0.15) is 0 Å². The molecule has 0 aromatic heterocycles. The molecule has 15 N–H and O–H groups in total. The predicted octanol–water partition coefficient (Wildman–Crippen LogP) is -10.8. The molecule has 5 saturated heterocycles. The highest BCUT2D eigenvalue weighted by Crippen LogP contribution is 2.40. The van der Waals surface area contributed by atoms with Gasteiger partial charge in [0.1, 0.15) is 123 Å². The maximum Gasteiger partial charge on any atom is 0.303 e. The Kier molecular flexibility index (Phi) is 17.7. The summed E-state index contributed by atoms with van der Waals surface area (Å²) in [5.74, 6) is -4.62. The van der Waals surface area contributed by atoms with Crippen LogP contribution >= 0.6 is 0 Å². The molecule has 0 spiro atoms. The largest absolute Gasteiger partial charge is 0.463 e. The van der Waals surface area contributed by atoms with Crippen LogP contribution in [-0.4, -0.2) is 275 Å². The van der Waals surface area contributed by atoms with Crippen molar-refractivity contribution in [2.24, 2.45) is 0 Å². The lowest BCUT2D eigenvalue weighted by atomic mass is 9.95. The summed E-state index contributed by atoms with van der Waals surface area (Å²) in [6.45, 7) is -4.02. The Hall–Kier alpha value is -2.02. The number of hydrogen-bond acceptors (Lipinski definition) is 28. The average molecular weight is 913 g/mol. The van der Waals surface area contributed by atoms with Crippen LogP contribution in [0.3, 0.4) is 0 Å². The third-order valence-electron chi connectivity index (χ3n) is 11.0. The van der Waals surface area contributed by atoms with Crippen LogP contribution in [0.2, 0.25) is 0 Å². The molecule has 0 saturated carbocycles. The van der Waals surface area contributed by atoms with Gasteiger partial charge in [0.2, 0.25) is 5.79 Å². The van der Waals surface area contributed by atoms with Gasteiger partial charge in [-0.05, 0) is 0 Å². The van der Waals surface area contributed by atoms with E-state index in [1.807, 2.05) is 0 Å². The molecule has 5 aliphatic rings. The monoisotopic (exact) mass is 912 g/mol. The summed E-state index contributed by atoms with van der Waals surface area (Å²) in [5, 5.41) is 158. The van der Waals surface area contributed by atoms with Gasteiger partial charge in [0, 0.05) is 13.8 Å². The standard InChI is InChI=1S/C34H56O28/c1-9(40)52-7-15-25(53-10(2)41)27(59-30-22(48)20(46)16(42)11(3-35)54-30)24(50)32(57-15)58-26-18(44)13(5-37)56-33(62-34(8-39)29(51)19(45)14(6-38)61-34)28(26)60-31-23(49)21(47)17(43)12(4-36)55-31/h11-33,35-39,42-51H,3-8H2,1-2H3/t11-,12-,13-,14-,15-,16-,17-,18-,19-,20+,21+,22-,23-,24-,25-,26+,27-,28-,29+,30+,31+,32+,33-,34-/m1/s1. The molecular formula is C34H56O28. The summed E-state index contributed by atoms with van der Waals surface area (Å²) in [6.07, 6.45) is -45.5. The highest BCUT2D eigenvalue weighted by molar-refractivity contribution is 5.66. The van der Waals surface area contributed by atoms with E-state index < -0.39 is 199 Å². The van der Waals surface area contributed by atoms with Gasteiger partial charge >= 0.3 is 11.9 Å². The molecule has 5 fully saturated rings. The number of rotatable bonds is 16. The quantitative estimate of drug-likeness (QED) is 0.0639. The van der Waals surface area contributed by atoms with Crippen molar-refractivity contribution in [1.82, 2.24) is 0 Å². The molecule has 0 aromatic rings. The van der Waals surface area contributed by atoms with Gasteiger partial charge in [-0.15, -0.1) is 0 Å². The molecule has 360 valence electrons. The Morgan fingerprint density at radius 3 is 1.35 bits per heavy atom. The minimum Gasteiger partial charge on any atom is -0.463 e. The van der Waals surface area contributed by atoms with Crippen LogP contribution in [0.1, 0.15) is 13.8 Å². The number of esters is 2. The van der Waals surface area contributed by atoms with Crippen LogP contribution in [0, 0.1) is 0 Å². The fraction of sp³-hybridized carbons (Fsp3) is 0.941. The first-order valence-electron chi connectivity index (χ1n) is 19.4. The van der Waals surface area contributed by atoms with Crippen molar-refractivity contribution in [1.29, 1.82) is 0 Å². The van der Waals surface area contributed by atoms with Crippen molar-refractivity contribution >= 4 is 11.9 Å². The lowest BCUT2D eigenvalue weighted by Gasteiger charge is -2.51. The maximum atomic E-state index is 12.4. The van der Waals surface area contributed by atoms with E-state index in [0.717, 1.165) is 13.8 Å². The number of aliphatic hydroxyl groups is 15. The summed E-state index contributed by atoms with van der Waals surface area (Å²) in [4.78, 5) is 24.3. The molecular weight excluding hydrogens is 856 g/mol. The van der Waals surface area contributed by atoms with E-state index in [-0.39, 0.29) is 0 Å². The Bertz CT molecular complexity index is 1440. The van der Waals surface area contributed by atoms with Gasteiger partial charge in [-0.3, -0.25) is 9.59 Å². The SMILES string of the molecule is CC(=O)OC[C@H]1O[C@@H](O[C@H]2[C@H](O)[C@@H](CO)O[C@H](O[C@@]3(CO)O[C@H](CO)[C@@H](O)[C@@H]3O)[C@@H]2O[C@@H]2O[C@H](CO)[C@@H](O)[C@H](O)[C@H]2O)[C@H](O)[C@@H](O[C@@H]2O[C@H](CO)[C@@H](O)[C@H](O)[C@H]2O)[C@@H]1OC(C)=O. The summed E-state index contributed by atoms with van der Waals surface area (Å²) < 4.78 is 62.1. The van der Waals surface area contributed by atoms with E-state index in [0.29, 0.717) is 0 Å². The van der Waals surface area contributed by atoms with Crippen molar-refractivity contribution in [2.75, 3.05) is 39.6 Å². The topological polar surface area (TPSA) is 439 Å². The highest BCUT2D eigenvalue weighted by atomic mass is 16.8. The van der Waals surface area contributed by atoms with Gasteiger partial charge in [0.15, 0.2) is 31.3 Å². The van der Waals surface area contributed by atoms with E-state index in [1.165, 1.54) is 0 Å². The summed E-state index contributed by atoms with van der Waals surface area (Å²) in [5.41, 5.74) is 0. The molecule has 5 rings (SSSR count). The smallest absolute Gasteiger partial charge is 0.303 e. The van der Waals surface area contributed by atoms with Crippen molar-refractivity contribution < 1.29 is 138 Å². The minimum absolute atomic E-state index is 0.789. The molecule has 0 amide bonds. The second kappa shape index (κ2) is 21.5. The van der Waals surface area contributed by atoms with Crippen molar-refractivity contribution in [3.63, 3.8) is 0 Å². The first-order chi connectivity index (χ1) is 29.3. The zero-order valence-electron chi connectivity index (χ0n) is 33.0. The first kappa shape index (κ1) is 51.0. The molecule has 0 aliphatic carbocycles. The minimum atomic E-state index is -2.70. The highest BCUT2D eigenvalue weighted by Gasteiger charge is 2.61. The van der Waals surface area contributed by atoms with Gasteiger partial charge in [-0.1, -0.05) is 0 Å². The molecule has 24 atom stereocenters. The Labute approximate surface area is 350 Å². The number of carbonyl (C=O) groups excluding carboxylic acids is 2. The number of aliphatic hydroxyl groups excluding tert-OH is 15. The van der Waals surface area contributed by atoms with Crippen molar-refractivity contribution in [3.05, 3.63) is 0 Å². The molecule has 5 heterocycles. The van der Waals surface area contributed by atoms with E-state index >= 15 is 0 Å². The van der Waals surface area contributed by atoms with Crippen LogP contribution < -0.4 is 0 Å². The lowest BCUT2D eigenvalue weighted by Crippen LogP contribution is -2.69. The summed E-state index contributed by atoms with van der Waals surface area (Å²) >= 11 is 0. The molecule has 0 aromatic carbocycles. The molecule has 62 heavy (non-hydrogen) atoms. The second-order valence-electron chi connectivity index (χ2n) is 15.2. The zero-order valence-corrected chi connectivity index (χ0v) is 33.0. The van der Waals surface area contributed by atoms with E-state index in [1.54, 1.807) is 0 Å². The number of hydrogen-bond donors (Lipinski definition) is 15. The Balaban J connectivity index is 1.57. The first-order valence-corrected chi connectivity index (χ1v) is 19.4. The number of ether oxygens (including phenoxy) is 11. The Morgan fingerprint density at radius 2 is 0.903 bits per heavy atom. The van der Waals surface area contributed by atoms with Crippen molar-refractivity contribution in [3.8, 4) is 0 Å². The second-order valence-corrected chi connectivity index (χ2v) is 15.2. The molecule has 0 radical (unpaired) electrons. The Morgan fingerprint density at radius 1 is 0.468 bits per heavy atom. The fourth-order valence-electron chi connectivity index (χ4n) is 7.56. The van der Waals surface area contributed by atoms with Gasteiger partial charge in [0.25, 0.3) is 0 Å².